The van der Waals surface area contributed by atoms with E-state index in [1.807, 2.05) is 11.8 Å². The Balaban J connectivity index is 3.30. The standard InChI is InChI=1S/C11H21NS/c1-4-6-7-8-11(12)9-13-10(3)5-2/h1,10-11H,5-9,12H2,2-3H3. The molecule has 0 aromatic carbocycles. The summed E-state index contributed by atoms with van der Waals surface area (Å²) in [6, 6.07) is 0.326. The van der Waals surface area contributed by atoms with Crippen molar-refractivity contribution < 1.29 is 0 Å². The third kappa shape index (κ3) is 8.21. The zero-order chi connectivity index (χ0) is 10.1. The van der Waals surface area contributed by atoms with Gasteiger partial charge in [-0.1, -0.05) is 13.8 Å². The summed E-state index contributed by atoms with van der Waals surface area (Å²) in [7, 11) is 0. The average Bonchev–Trinajstić information content (AvgIpc) is 2.14. The molecule has 76 valence electrons. The van der Waals surface area contributed by atoms with Crippen molar-refractivity contribution >= 4 is 11.8 Å². The van der Waals surface area contributed by atoms with Gasteiger partial charge >= 0.3 is 0 Å². The van der Waals surface area contributed by atoms with E-state index in [0.717, 1.165) is 30.3 Å². The van der Waals surface area contributed by atoms with E-state index in [1.165, 1.54) is 6.42 Å². The Morgan fingerprint density at radius 1 is 1.54 bits per heavy atom. The van der Waals surface area contributed by atoms with E-state index in [4.69, 9.17) is 12.2 Å². The summed E-state index contributed by atoms with van der Waals surface area (Å²) >= 11 is 1.97. The number of terminal acetylenes is 1. The molecule has 2 N–H and O–H groups in total. The van der Waals surface area contributed by atoms with E-state index >= 15 is 0 Å². The number of rotatable bonds is 7. The van der Waals surface area contributed by atoms with Crippen molar-refractivity contribution in [2.45, 2.75) is 50.8 Å². The van der Waals surface area contributed by atoms with Gasteiger partial charge in [0, 0.05) is 23.5 Å². The third-order valence-corrected chi connectivity index (χ3v) is 3.59. The van der Waals surface area contributed by atoms with Gasteiger partial charge in [0.1, 0.15) is 0 Å². The van der Waals surface area contributed by atoms with E-state index in [-0.39, 0.29) is 0 Å². The molecule has 0 amide bonds. The molecule has 0 spiro atoms. The van der Waals surface area contributed by atoms with E-state index in [0.29, 0.717) is 6.04 Å². The maximum atomic E-state index is 5.93. The van der Waals surface area contributed by atoms with Crippen molar-refractivity contribution in [3.05, 3.63) is 0 Å². The molecule has 1 nitrogen and oxygen atoms in total. The fraction of sp³-hybridized carbons (Fsp3) is 0.818. The highest BCUT2D eigenvalue weighted by molar-refractivity contribution is 7.99. The van der Waals surface area contributed by atoms with Gasteiger partial charge in [-0.15, -0.1) is 12.3 Å². The minimum absolute atomic E-state index is 0.326. The lowest BCUT2D eigenvalue weighted by Crippen LogP contribution is -2.23. The van der Waals surface area contributed by atoms with Crippen LogP contribution in [0.2, 0.25) is 0 Å². The van der Waals surface area contributed by atoms with Gasteiger partial charge in [0.2, 0.25) is 0 Å². The lowest BCUT2D eigenvalue weighted by Gasteiger charge is -2.13. The van der Waals surface area contributed by atoms with Crippen molar-refractivity contribution in [2.75, 3.05) is 5.75 Å². The van der Waals surface area contributed by atoms with Gasteiger partial charge in [-0.3, -0.25) is 0 Å². The molecule has 0 fully saturated rings. The van der Waals surface area contributed by atoms with Crippen molar-refractivity contribution in [3.63, 3.8) is 0 Å². The molecule has 0 saturated heterocycles. The van der Waals surface area contributed by atoms with Gasteiger partial charge in [-0.05, 0) is 19.3 Å². The summed E-state index contributed by atoms with van der Waals surface area (Å²) in [5, 5.41) is 0.735. The maximum absolute atomic E-state index is 5.93. The molecule has 0 aromatic rings. The molecule has 0 heterocycles. The molecular weight excluding hydrogens is 178 g/mol. The molecule has 13 heavy (non-hydrogen) atoms. The van der Waals surface area contributed by atoms with Gasteiger partial charge < -0.3 is 5.73 Å². The second-order valence-corrected chi connectivity index (χ2v) is 4.88. The minimum atomic E-state index is 0.326. The first-order chi connectivity index (χ1) is 6.20. The zero-order valence-corrected chi connectivity index (χ0v) is 9.57. The lowest BCUT2D eigenvalue weighted by atomic mass is 10.1. The van der Waals surface area contributed by atoms with Crippen LogP contribution in [0.1, 0.15) is 39.5 Å². The second-order valence-electron chi connectivity index (χ2n) is 3.41. The zero-order valence-electron chi connectivity index (χ0n) is 8.75. The van der Waals surface area contributed by atoms with Crippen LogP contribution in [0.3, 0.4) is 0 Å². The Morgan fingerprint density at radius 3 is 2.77 bits per heavy atom. The normalized spacial score (nSPS) is 14.9. The predicted molar refractivity (Wildman–Crippen MR) is 62.9 cm³/mol. The minimum Gasteiger partial charge on any atom is -0.327 e. The Labute approximate surface area is 86.9 Å². The van der Waals surface area contributed by atoms with E-state index in [2.05, 4.69) is 19.8 Å². The summed E-state index contributed by atoms with van der Waals surface area (Å²) in [4.78, 5) is 0. The van der Waals surface area contributed by atoms with Crippen LogP contribution in [0.15, 0.2) is 0 Å². The summed E-state index contributed by atoms with van der Waals surface area (Å²) in [6.45, 7) is 4.46. The first-order valence-corrected chi connectivity index (χ1v) is 6.06. The van der Waals surface area contributed by atoms with Crippen LogP contribution in [0.25, 0.3) is 0 Å². The highest BCUT2D eigenvalue weighted by Gasteiger charge is 2.05. The fourth-order valence-electron chi connectivity index (χ4n) is 0.955. The monoisotopic (exact) mass is 199 g/mol. The summed E-state index contributed by atoms with van der Waals surface area (Å²) in [5.41, 5.74) is 5.93. The van der Waals surface area contributed by atoms with Crippen LogP contribution in [0.5, 0.6) is 0 Å². The van der Waals surface area contributed by atoms with Gasteiger partial charge in [0.15, 0.2) is 0 Å². The molecule has 0 aliphatic carbocycles. The second kappa shape index (κ2) is 8.47. The van der Waals surface area contributed by atoms with Gasteiger partial charge in [0.05, 0.1) is 0 Å². The Hall–Kier alpha value is -0.130. The summed E-state index contributed by atoms with van der Waals surface area (Å²) in [6.07, 6.45) is 9.38. The highest BCUT2D eigenvalue weighted by atomic mass is 32.2. The van der Waals surface area contributed by atoms with Crippen LogP contribution in [0.4, 0.5) is 0 Å². The Kier molecular flexibility index (Phi) is 8.38. The largest absolute Gasteiger partial charge is 0.327 e. The topological polar surface area (TPSA) is 26.0 Å². The third-order valence-electron chi connectivity index (χ3n) is 2.07. The quantitative estimate of drug-likeness (QED) is 0.504. The first kappa shape index (κ1) is 12.9. The molecular formula is C11H21NS. The SMILES string of the molecule is C#CCCCC(N)CSC(C)CC. The molecule has 2 heteroatoms. The van der Waals surface area contributed by atoms with E-state index in [1.54, 1.807) is 0 Å². The van der Waals surface area contributed by atoms with Gasteiger partial charge in [0.25, 0.3) is 0 Å². The van der Waals surface area contributed by atoms with Gasteiger partial charge in [-0.25, -0.2) is 0 Å². The fourth-order valence-corrected chi connectivity index (χ4v) is 1.93. The predicted octanol–water partition coefficient (Wildman–Crippen LogP) is 2.65. The molecule has 0 bridgehead atoms. The highest BCUT2D eigenvalue weighted by Crippen LogP contribution is 2.15. The van der Waals surface area contributed by atoms with E-state index < -0.39 is 0 Å². The molecule has 0 radical (unpaired) electrons. The number of nitrogens with two attached hydrogens (primary N) is 1. The van der Waals surface area contributed by atoms with Crippen molar-refractivity contribution in [2.24, 2.45) is 5.73 Å². The van der Waals surface area contributed by atoms with Gasteiger partial charge in [-0.2, -0.15) is 11.8 Å². The Bertz CT molecular complexity index is 151. The van der Waals surface area contributed by atoms with Crippen molar-refractivity contribution in [1.82, 2.24) is 0 Å². The molecule has 0 saturated carbocycles. The molecule has 0 aliphatic heterocycles. The lowest BCUT2D eigenvalue weighted by molar-refractivity contribution is 0.640. The number of unbranched alkanes of at least 4 members (excludes halogenated alkanes) is 1. The molecule has 0 aliphatic rings. The summed E-state index contributed by atoms with van der Waals surface area (Å²) < 4.78 is 0. The van der Waals surface area contributed by atoms with Crippen LogP contribution in [-0.4, -0.2) is 17.0 Å². The maximum Gasteiger partial charge on any atom is 0.0130 e. The van der Waals surface area contributed by atoms with Crippen molar-refractivity contribution in [3.8, 4) is 12.3 Å². The van der Waals surface area contributed by atoms with Crippen LogP contribution in [0, 0.1) is 12.3 Å². The van der Waals surface area contributed by atoms with Crippen LogP contribution in [-0.2, 0) is 0 Å². The molecule has 2 atom stereocenters. The smallest absolute Gasteiger partial charge is 0.0130 e. The number of thioether (sulfide) groups is 1. The Morgan fingerprint density at radius 2 is 2.23 bits per heavy atom. The van der Waals surface area contributed by atoms with Crippen LogP contribution >= 0.6 is 11.8 Å². The summed E-state index contributed by atoms with van der Waals surface area (Å²) in [5.74, 6) is 3.71. The molecule has 0 aromatic heterocycles. The molecule has 2 unspecified atom stereocenters. The number of hydrogen-bond acceptors (Lipinski definition) is 2. The molecule has 0 rings (SSSR count). The van der Waals surface area contributed by atoms with Crippen LogP contribution < -0.4 is 5.73 Å². The number of hydrogen-bond donors (Lipinski definition) is 1. The first-order valence-electron chi connectivity index (χ1n) is 5.01. The average molecular weight is 199 g/mol. The van der Waals surface area contributed by atoms with Crippen molar-refractivity contribution in [1.29, 1.82) is 0 Å². The van der Waals surface area contributed by atoms with E-state index in [9.17, 15) is 0 Å².